The van der Waals surface area contributed by atoms with Crippen LogP contribution in [-0.4, -0.2) is 36.1 Å². The fourth-order valence-corrected chi connectivity index (χ4v) is 2.88. The van der Waals surface area contributed by atoms with E-state index >= 15 is 0 Å². The van der Waals surface area contributed by atoms with Gasteiger partial charge in [-0.05, 0) is 38.0 Å². The summed E-state index contributed by atoms with van der Waals surface area (Å²) >= 11 is 0. The largest absolute Gasteiger partial charge is 0.311 e. The lowest BCUT2D eigenvalue weighted by molar-refractivity contribution is 0.0554. The average molecular weight is 224 g/mol. The lowest BCUT2D eigenvalue weighted by Crippen LogP contribution is -2.61. The third-order valence-electron chi connectivity index (χ3n) is 4.49. The van der Waals surface area contributed by atoms with Crippen LogP contribution in [0.5, 0.6) is 0 Å². The van der Waals surface area contributed by atoms with Gasteiger partial charge in [-0.2, -0.15) is 0 Å². The average Bonchev–Trinajstić information content (AvgIpc) is 2.98. The molecule has 1 saturated carbocycles. The second kappa shape index (κ2) is 4.30. The maximum absolute atomic E-state index is 3.71. The Hall–Kier alpha value is -0.0800. The van der Waals surface area contributed by atoms with Gasteiger partial charge in [-0.3, -0.25) is 4.90 Å². The maximum atomic E-state index is 3.71. The summed E-state index contributed by atoms with van der Waals surface area (Å²) in [5.74, 6) is 0.987. The van der Waals surface area contributed by atoms with Crippen molar-refractivity contribution in [1.29, 1.82) is 0 Å². The standard InChI is InChI=1S/C14H28N2/c1-10-8-15-13(14(3,4)5)9-16(10)11(2)12-6-7-12/h10-13,15H,6-9H2,1-5H3. The fourth-order valence-electron chi connectivity index (χ4n) is 2.88. The maximum Gasteiger partial charge on any atom is 0.0244 e. The highest BCUT2D eigenvalue weighted by atomic mass is 15.3. The molecule has 2 rings (SSSR count). The van der Waals surface area contributed by atoms with Gasteiger partial charge in [-0.1, -0.05) is 20.8 Å². The smallest absolute Gasteiger partial charge is 0.0244 e. The summed E-state index contributed by atoms with van der Waals surface area (Å²) in [5.41, 5.74) is 0.377. The zero-order chi connectivity index (χ0) is 11.9. The molecule has 1 aliphatic carbocycles. The molecule has 1 N–H and O–H groups in total. The van der Waals surface area contributed by atoms with Crippen molar-refractivity contribution in [1.82, 2.24) is 10.2 Å². The Balaban J connectivity index is 1.99. The van der Waals surface area contributed by atoms with Crippen LogP contribution in [0.2, 0.25) is 0 Å². The zero-order valence-electron chi connectivity index (χ0n) is 11.6. The van der Waals surface area contributed by atoms with E-state index in [2.05, 4.69) is 44.8 Å². The van der Waals surface area contributed by atoms with Gasteiger partial charge in [-0.25, -0.2) is 0 Å². The molecule has 0 bridgehead atoms. The third kappa shape index (κ3) is 2.60. The second-order valence-corrected chi connectivity index (χ2v) is 6.95. The highest BCUT2D eigenvalue weighted by Crippen LogP contribution is 2.37. The Kier molecular flexibility index (Phi) is 3.33. The Labute approximate surface area is 101 Å². The molecular formula is C14H28N2. The fraction of sp³-hybridized carbons (Fsp3) is 1.00. The molecule has 1 saturated heterocycles. The van der Waals surface area contributed by atoms with Crippen molar-refractivity contribution >= 4 is 0 Å². The lowest BCUT2D eigenvalue weighted by atomic mass is 9.84. The van der Waals surface area contributed by atoms with E-state index in [1.54, 1.807) is 0 Å². The first kappa shape index (κ1) is 12.4. The molecule has 16 heavy (non-hydrogen) atoms. The molecule has 2 nitrogen and oxygen atoms in total. The first-order valence-electron chi connectivity index (χ1n) is 6.88. The van der Waals surface area contributed by atoms with Crippen LogP contribution in [0.15, 0.2) is 0 Å². The molecule has 0 aromatic heterocycles. The van der Waals surface area contributed by atoms with E-state index in [4.69, 9.17) is 0 Å². The summed E-state index contributed by atoms with van der Waals surface area (Å²) in [6.45, 7) is 14.2. The molecule has 0 aromatic rings. The van der Waals surface area contributed by atoms with Crippen LogP contribution in [0.1, 0.15) is 47.5 Å². The first-order valence-corrected chi connectivity index (χ1v) is 6.88. The van der Waals surface area contributed by atoms with E-state index in [9.17, 15) is 0 Å². The Morgan fingerprint density at radius 2 is 1.88 bits per heavy atom. The van der Waals surface area contributed by atoms with Crippen LogP contribution in [0, 0.1) is 11.3 Å². The molecule has 0 spiro atoms. The summed E-state index contributed by atoms with van der Waals surface area (Å²) < 4.78 is 0. The van der Waals surface area contributed by atoms with Crippen molar-refractivity contribution < 1.29 is 0 Å². The quantitative estimate of drug-likeness (QED) is 0.775. The molecule has 2 aliphatic rings. The van der Waals surface area contributed by atoms with Gasteiger partial charge >= 0.3 is 0 Å². The van der Waals surface area contributed by atoms with Gasteiger partial charge in [0.25, 0.3) is 0 Å². The van der Waals surface area contributed by atoms with Crippen molar-refractivity contribution in [3.05, 3.63) is 0 Å². The minimum Gasteiger partial charge on any atom is -0.311 e. The SMILES string of the molecule is CC1CNC(C(C)(C)C)CN1C(C)C1CC1. The predicted molar refractivity (Wildman–Crippen MR) is 69.6 cm³/mol. The molecular weight excluding hydrogens is 196 g/mol. The molecule has 3 atom stereocenters. The second-order valence-electron chi connectivity index (χ2n) is 6.95. The van der Waals surface area contributed by atoms with E-state index in [-0.39, 0.29) is 0 Å². The highest BCUT2D eigenvalue weighted by molar-refractivity contribution is 4.95. The van der Waals surface area contributed by atoms with Crippen molar-refractivity contribution in [2.75, 3.05) is 13.1 Å². The highest BCUT2D eigenvalue weighted by Gasteiger charge is 2.39. The Bertz CT molecular complexity index is 240. The van der Waals surface area contributed by atoms with E-state index in [1.165, 1.54) is 19.4 Å². The third-order valence-corrected chi connectivity index (χ3v) is 4.49. The van der Waals surface area contributed by atoms with Gasteiger partial charge < -0.3 is 5.32 Å². The van der Waals surface area contributed by atoms with Crippen molar-refractivity contribution in [2.24, 2.45) is 11.3 Å². The van der Waals surface area contributed by atoms with Gasteiger partial charge in [-0.15, -0.1) is 0 Å². The van der Waals surface area contributed by atoms with Crippen LogP contribution >= 0.6 is 0 Å². The van der Waals surface area contributed by atoms with Crippen LogP contribution in [0.25, 0.3) is 0 Å². The summed E-state index contributed by atoms with van der Waals surface area (Å²) in [6, 6.07) is 2.14. The minimum absolute atomic E-state index is 0.377. The van der Waals surface area contributed by atoms with Gasteiger partial charge in [0.15, 0.2) is 0 Å². The lowest BCUT2D eigenvalue weighted by Gasteiger charge is -2.46. The molecule has 94 valence electrons. The molecule has 0 aromatic carbocycles. The number of hydrogen-bond donors (Lipinski definition) is 1. The minimum atomic E-state index is 0.377. The Morgan fingerprint density at radius 1 is 1.25 bits per heavy atom. The van der Waals surface area contributed by atoms with E-state index in [0.717, 1.165) is 18.5 Å². The number of nitrogens with one attached hydrogen (secondary N) is 1. The molecule has 2 fully saturated rings. The van der Waals surface area contributed by atoms with Crippen molar-refractivity contribution in [3.63, 3.8) is 0 Å². The van der Waals surface area contributed by atoms with Crippen LogP contribution in [0.3, 0.4) is 0 Å². The monoisotopic (exact) mass is 224 g/mol. The van der Waals surface area contributed by atoms with Gasteiger partial charge in [0.1, 0.15) is 0 Å². The molecule has 2 heteroatoms. The number of piperazine rings is 1. The van der Waals surface area contributed by atoms with Gasteiger partial charge in [0.2, 0.25) is 0 Å². The van der Waals surface area contributed by atoms with Crippen molar-refractivity contribution in [3.8, 4) is 0 Å². The first-order chi connectivity index (χ1) is 7.39. The molecule has 0 amide bonds. The van der Waals surface area contributed by atoms with E-state index in [1.807, 2.05) is 0 Å². The van der Waals surface area contributed by atoms with Crippen LogP contribution in [-0.2, 0) is 0 Å². The van der Waals surface area contributed by atoms with Crippen LogP contribution < -0.4 is 5.32 Å². The summed E-state index contributed by atoms with van der Waals surface area (Å²) in [4.78, 5) is 2.74. The summed E-state index contributed by atoms with van der Waals surface area (Å²) in [5, 5.41) is 3.71. The van der Waals surface area contributed by atoms with Gasteiger partial charge in [0.05, 0.1) is 0 Å². The number of rotatable bonds is 2. The molecule has 0 radical (unpaired) electrons. The molecule has 3 unspecified atom stereocenters. The molecule has 1 heterocycles. The zero-order valence-corrected chi connectivity index (χ0v) is 11.6. The normalized spacial score (nSPS) is 35.1. The van der Waals surface area contributed by atoms with Crippen LogP contribution in [0.4, 0.5) is 0 Å². The summed E-state index contributed by atoms with van der Waals surface area (Å²) in [7, 11) is 0. The van der Waals surface area contributed by atoms with Crippen molar-refractivity contribution in [2.45, 2.75) is 65.6 Å². The van der Waals surface area contributed by atoms with E-state index < -0.39 is 0 Å². The van der Waals surface area contributed by atoms with Gasteiger partial charge in [0, 0.05) is 31.2 Å². The number of nitrogens with zero attached hydrogens (tertiary/aromatic N) is 1. The van der Waals surface area contributed by atoms with E-state index in [0.29, 0.717) is 17.5 Å². The summed E-state index contributed by atoms with van der Waals surface area (Å²) in [6.07, 6.45) is 2.91. The predicted octanol–water partition coefficient (Wildman–Crippen LogP) is 2.49. The Morgan fingerprint density at radius 3 is 2.38 bits per heavy atom. The number of hydrogen-bond acceptors (Lipinski definition) is 2. The topological polar surface area (TPSA) is 15.3 Å². The molecule has 1 aliphatic heterocycles.